The molecule has 0 bridgehead atoms. The second kappa shape index (κ2) is 4.74. The Morgan fingerprint density at radius 2 is 2.42 bits per heavy atom. The first-order chi connectivity index (χ1) is 5.75. The van der Waals surface area contributed by atoms with Gasteiger partial charge >= 0.3 is 0 Å². The molecule has 0 saturated carbocycles. The van der Waals surface area contributed by atoms with Crippen molar-refractivity contribution >= 4 is 11.8 Å². The first-order valence-electron chi connectivity index (χ1n) is 4.41. The van der Waals surface area contributed by atoms with Gasteiger partial charge in [-0.3, -0.25) is 0 Å². The van der Waals surface area contributed by atoms with Crippen molar-refractivity contribution in [2.24, 2.45) is 11.8 Å². The maximum Gasteiger partial charge on any atom is 0.0731 e. The van der Waals surface area contributed by atoms with Crippen molar-refractivity contribution in [1.82, 2.24) is 0 Å². The number of aliphatic hydroxyl groups excluding tert-OH is 1. The molecule has 3 atom stereocenters. The second-order valence-corrected chi connectivity index (χ2v) is 4.54. The Kier molecular flexibility index (Phi) is 3.90. The van der Waals surface area contributed by atoms with Crippen LogP contribution in [0.4, 0.5) is 0 Å². The van der Waals surface area contributed by atoms with Crippen LogP contribution < -0.4 is 0 Å². The van der Waals surface area contributed by atoms with Crippen LogP contribution in [0.3, 0.4) is 0 Å². The Morgan fingerprint density at radius 3 is 2.92 bits per heavy atom. The Bertz CT molecular complexity index is 172. The third-order valence-corrected chi connectivity index (χ3v) is 3.64. The molecule has 1 aliphatic rings. The summed E-state index contributed by atoms with van der Waals surface area (Å²) in [6, 6.07) is 2.10. The quantitative estimate of drug-likeness (QED) is 0.711. The third kappa shape index (κ3) is 2.40. The van der Waals surface area contributed by atoms with E-state index in [1.165, 1.54) is 12.2 Å². The van der Waals surface area contributed by atoms with Gasteiger partial charge in [-0.1, -0.05) is 0 Å². The van der Waals surface area contributed by atoms with Crippen molar-refractivity contribution < 1.29 is 5.11 Å². The molecule has 2 nitrogen and oxygen atoms in total. The summed E-state index contributed by atoms with van der Waals surface area (Å²) >= 11 is 1.89. The monoisotopic (exact) mass is 185 g/mol. The van der Waals surface area contributed by atoms with E-state index < -0.39 is 6.10 Å². The number of rotatable bonds is 2. The summed E-state index contributed by atoms with van der Waals surface area (Å²) in [6.07, 6.45) is 1.85. The van der Waals surface area contributed by atoms with Crippen LogP contribution in [0.1, 0.15) is 19.8 Å². The summed E-state index contributed by atoms with van der Waals surface area (Å²) in [5.41, 5.74) is 0. The van der Waals surface area contributed by atoms with Crippen LogP contribution in [0.25, 0.3) is 0 Å². The molecule has 0 amide bonds. The Labute approximate surface area is 78.0 Å². The van der Waals surface area contributed by atoms with E-state index in [9.17, 15) is 5.11 Å². The maximum atomic E-state index is 9.71. The molecule has 0 aromatic carbocycles. The fraction of sp³-hybridized carbons (Fsp3) is 0.889. The highest BCUT2D eigenvalue weighted by atomic mass is 32.2. The first kappa shape index (κ1) is 9.88. The highest BCUT2D eigenvalue weighted by Crippen LogP contribution is 2.27. The number of hydrogen-bond acceptors (Lipinski definition) is 3. The maximum absolute atomic E-state index is 9.71. The van der Waals surface area contributed by atoms with Crippen LogP contribution in [0.2, 0.25) is 0 Å². The van der Waals surface area contributed by atoms with E-state index in [1.54, 1.807) is 6.92 Å². The molecule has 1 fully saturated rings. The zero-order valence-corrected chi connectivity index (χ0v) is 8.18. The molecule has 1 rings (SSSR count). The molecule has 68 valence electrons. The molecule has 0 radical (unpaired) electrons. The minimum absolute atomic E-state index is 0.214. The van der Waals surface area contributed by atoms with Crippen molar-refractivity contribution in [3.05, 3.63) is 0 Å². The molecule has 1 N–H and O–H groups in total. The molecular formula is C9H15NOS. The van der Waals surface area contributed by atoms with Gasteiger partial charge in [0.25, 0.3) is 0 Å². The predicted molar refractivity (Wildman–Crippen MR) is 50.8 cm³/mol. The van der Waals surface area contributed by atoms with Gasteiger partial charge in [0.2, 0.25) is 0 Å². The summed E-state index contributed by atoms with van der Waals surface area (Å²) in [4.78, 5) is 0. The lowest BCUT2D eigenvalue weighted by atomic mass is 9.91. The van der Waals surface area contributed by atoms with Gasteiger partial charge in [0.15, 0.2) is 0 Å². The fourth-order valence-corrected chi connectivity index (χ4v) is 2.72. The van der Waals surface area contributed by atoms with Gasteiger partial charge in [0.1, 0.15) is 0 Å². The Morgan fingerprint density at radius 1 is 1.67 bits per heavy atom. The number of thioether (sulfide) groups is 1. The van der Waals surface area contributed by atoms with Crippen molar-refractivity contribution in [2.75, 3.05) is 11.5 Å². The van der Waals surface area contributed by atoms with Crippen LogP contribution >= 0.6 is 11.8 Å². The zero-order chi connectivity index (χ0) is 8.97. The van der Waals surface area contributed by atoms with Crippen molar-refractivity contribution in [3.63, 3.8) is 0 Å². The topological polar surface area (TPSA) is 44.0 Å². The lowest BCUT2D eigenvalue weighted by Gasteiger charge is -2.27. The van der Waals surface area contributed by atoms with Crippen molar-refractivity contribution in [3.8, 4) is 6.07 Å². The van der Waals surface area contributed by atoms with Gasteiger partial charge < -0.3 is 5.11 Å². The molecule has 3 heteroatoms. The molecular weight excluding hydrogens is 170 g/mol. The lowest BCUT2D eigenvalue weighted by Crippen LogP contribution is -2.30. The fourth-order valence-electron chi connectivity index (χ4n) is 1.52. The lowest BCUT2D eigenvalue weighted by molar-refractivity contribution is 0.0823. The number of hydrogen-bond donors (Lipinski definition) is 1. The first-order valence-corrected chi connectivity index (χ1v) is 5.56. The van der Waals surface area contributed by atoms with E-state index >= 15 is 0 Å². The van der Waals surface area contributed by atoms with Crippen LogP contribution in [0, 0.1) is 23.2 Å². The van der Waals surface area contributed by atoms with Gasteiger partial charge in [-0.15, -0.1) is 0 Å². The summed E-state index contributed by atoms with van der Waals surface area (Å²) < 4.78 is 0. The van der Waals surface area contributed by atoms with E-state index in [0.29, 0.717) is 5.92 Å². The van der Waals surface area contributed by atoms with Crippen LogP contribution in [-0.2, 0) is 0 Å². The van der Waals surface area contributed by atoms with E-state index in [-0.39, 0.29) is 5.92 Å². The van der Waals surface area contributed by atoms with Gasteiger partial charge in [-0.2, -0.15) is 17.0 Å². The largest absolute Gasteiger partial charge is 0.391 e. The normalized spacial score (nSPS) is 28.9. The van der Waals surface area contributed by atoms with E-state index in [0.717, 1.165) is 12.2 Å². The highest BCUT2D eigenvalue weighted by Gasteiger charge is 2.26. The molecule has 0 spiro atoms. The second-order valence-electron chi connectivity index (χ2n) is 3.39. The van der Waals surface area contributed by atoms with Gasteiger partial charge in [0, 0.05) is 0 Å². The minimum atomic E-state index is -0.414. The molecule has 0 aromatic rings. The van der Waals surface area contributed by atoms with Crippen LogP contribution in [0.15, 0.2) is 0 Å². The predicted octanol–water partition coefficient (Wildman–Crippen LogP) is 1.65. The number of nitrogens with zero attached hydrogens (tertiary/aromatic N) is 1. The SMILES string of the molecule is CC(C#N)C(O)C1CCCSC1. The Balaban J connectivity index is 2.40. The minimum Gasteiger partial charge on any atom is -0.391 e. The van der Waals surface area contributed by atoms with Gasteiger partial charge in [0.05, 0.1) is 18.1 Å². The smallest absolute Gasteiger partial charge is 0.0731 e. The standard InChI is InChI=1S/C9H15NOS/c1-7(5-10)9(11)8-3-2-4-12-6-8/h7-9,11H,2-4,6H2,1H3. The van der Waals surface area contributed by atoms with E-state index in [1.807, 2.05) is 11.8 Å². The molecule has 0 aromatic heterocycles. The number of nitriles is 1. The van der Waals surface area contributed by atoms with E-state index in [4.69, 9.17) is 5.26 Å². The van der Waals surface area contributed by atoms with E-state index in [2.05, 4.69) is 6.07 Å². The average molecular weight is 185 g/mol. The number of aliphatic hydroxyl groups is 1. The summed E-state index contributed by atoms with van der Waals surface area (Å²) in [5, 5.41) is 18.3. The van der Waals surface area contributed by atoms with Crippen molar-refractivity contribution in [1.29, 1.82) is 5.26 Å². The third-order valence-electron chi connectivity index (χ3n) is 2.39. The van der Waals surface area contributed by atoms with Crippen molar-refractivity contribution in [2.45, 2.75) is 25.9 Å². The highest BCUT2D eigenvalue weighted by molar-refractivity contribution is 7.99. The van der Waals surface area contributed by atoms with Crippen LogP contribution in [0.5, 0.6) is 0 Å². The summed E-state index contributed by atoms with van der Waals surface area (Å²) in [5.74, 6) is 2.37. The molecule has 3 unspecified atom stereocenters. The van der Waals surface area contributed by atoms with Crippen LogP contribution in [-0.4, -0.2) is 22.7 Å². The molecule has 1 aliphatic heterocycles. The van der Waals surface area contributed by atoms with Gasteiger partial charge in [-0.25, -0.2) is 0 Å². The Hall–Kier alpha value is -0.200. The summed E-state index contributed by atoms with van der Waals surface area (Å²) in [7, 11) is 0. The molecule has 12 heavy (non-hydrogen) atoms. The molecule has 0 aliphatic carbocycles. The van der Waals surface area contributed by atoms with Gasteiger partial charge in [-0.05, 0) is 37.2 Å². The molecule has 1 saturated heterocycles. The average Bonchev–Trinajstić information content (AvgIpc) is 2.17. The summed E-state index contributed by atoms with van der Waals surface area (Å²) in [6.45, 7) is 1.80. The zero-order valence-electron chi connectivity index (χ0n) is 7.36. The molecule has 1 heterocycles.